The Balaban J connectivity index is 2.35. The van der Waals surface area contributed by atoms with E-state index >= 15 is 0 Å². The van der Waals surface area contributed by atoms with Gasteiger partial charge in [-0.25, -0.2) is 9.37 Å². The van der Waals surface area contributed by atoms with Gasteiger partial charge >= 0.3 is 6.18 Å². The van der Waals surface area contributed by atoms with Gasteiger partial charge in [-0.05, 0) is 25.1 Å². The molecule has 0 saturated heterocycles. The molecule has 0 atom stereocenters. The zero-order valence-electron chi connectivity index (χ0n) is 10.2. The minimum absolute atomic E-state index is 0.0188. The van der Waals surface area contributed by atoms with Gasteiger partial charge in [-0.1, -0.05) is 0 Å². The lowest BCUT2D eigenvalue weighted by molar-refractivity contribution is -0.140. The lowest BCUT2D eigenvalue weighted by Gasteiger charge is -2.11. The molecule has 1 aromatic heterocycles. The molecule has 0 radical (unpaired) electrons. The second-order valence-corrected chi connectivity index (χ2v) is 3.95. The number of nitrogen functional groups attached to an aromatic ring is 1. The smallest absolute Gasteiger partial charge is 0.419 e. The summed E-state index contributed by atoms with van der Waals surface area (Å²) in [5, 5.41) is 0. The summed E-state index contributed by atoms with van der Waals surface area (Å²) < 4.78 is 55.9. The number of anilines is 1. The van der Waals surface area contributed by atoms with E-state index in [2.05, 4.69) is 9.97 Å². The molecule has 0 bridgehead atoms. The Bertz CT molecular complexity index is 623. The number of ether oxygens (including phenoxy) is 1. The highest BCUT2D eigenvalue weighted by atomic mass is 19.4. The fraction of sp³-hybridized carbons (Fsp3) is 0.167. The van der Waals surface area contributed by atoms with E-state index < -0.39 is 17.6 Å². The first-order chi connectivity index (χ1) is 9.25. The Hall–Kier alpha value is -2.38. The Morgan fingerprint density at radius 1 is 1.15 bits per heavy atom. The van der Waals surface area contributed by atoms with Gasteiger partial charge in [0.05, 0.1) is 5.56 Å². The summed E-state index contributed by atoms with van der Waals surface area (Å²) in [6, 6.07) is 3.70. The topological polar surface area (TPSA) is 61.0 Å². The predicted molar refractivity (Wildman–Crippen MR) is 62.7 cm³/mol. The minimum atomic E-state index is -4.80. The average molecular weight is 287 g/mol. The first-order valence-corrected chi connectivity index (χ1v) is 5.41. The molecular weight excluding hydrogens is 278 g/mol. The van der Waals surface area contributed by atoms with Crippen molar-refractivity contribution in [2.75, 3.05) is 5.73 Å². The third-order valence-corrected chi connectivity index (χ3v) is 2.31. The van der Waals surface area contributed by atoms with Crippen LogP contribution in [0.5, 0.6) is 11.6 Å². The lowest BCUT2D eigenvalue weighted by Crippen LogP contribution is -2.08. The minimum Gasteiger partial charge on any atom is -0.439 e. The van der Waals surface area contributed by atoms with Gasteiger partial charge in [-0.3, -0.25) is 0 Å². The predicted octanol–water partition coefficient (Wildman–Crippen LogP) is 3.32. The van der Waals surface area contributed by atoms with Gasteiger partial charge in [0.2, 0.25) is 11.8 Å². The molecule has 2 rings (SSSR count). The molecule has 1 heterocycles. The lowest BCUT2D eigenvalue weighted by atomic mass is 10.2. The van der Waals surface area contributed by atoms with Crippen molar-refractivity contribution >= 4 is 5.95 Å². The maximum atomic E-state index is 13.1. The van der Waals surface area contributed by atoms with Gasteiger partial charge < -0.3 is 10.5 Å². The van der Waals surface area contributed by atoms with E-state index in [1.165, 1.54) is 6.07 Å². The largest absolute Gasteiger partial charge is 0.439 e. The second kappa shape index (κ2) is 4.95. The van der Waals surface area contributed by atoms with Gasteiger partial charge in [0.1, 0.15) is 11.6 Å². The van der Waals surface area contributed by atoms with Gasteiger partial charge in [0, 0.05) is 11.8 Å². The molecule has 0 spiro atoms. The van der Waals surface area contributed by atoms with Crippen LogP contribution < -0.4 is 10.5 Å². The summed E-state index contributed by atoms with van der Waals surface area (Å²) in [7, 11) is 0. The first kappa shape index (κ1) is 14.0. The Morgan fingerprint density at radius 3 is 2.45 bits per heavy atom. The van der Waals surface area contributed by atoms with E-state index in [0.717, 1.165) is 6.07 Å². The van der Waals surface area contributed by atoms with Gasteiger partial charge in [-0.2, -0.15) is 18.2 Å². The van der Waals surface area contributed by atoms with Crippen LogP contribution in [0, 0.1) is 12.7 Å². The summed E-state index contributed by atoms with van der Waals surface area (Å²) in [6.07, 6.45) is -4.80. The standard InChI is InChI=1S/C12H9F4N3O/c1-6-4-10(19-11(17)18-6)20-7-2-3-9(13)8(5-7)12(14,15)16/h2-5H,1H3,(H2,17,18,19). The molecule has 0 aliphatic carbocycles. The molecule has 0 aliphatic rings. The molecule has 8 heteroatoms. The summed E-state index contributed by atoms with van der Waals surface area (Å²) in [6.45, 7) is 1.62. The van der Waals surface area contributed by atoms with Gasteiger partial charge in [-0.15, -0.1) is 0 Å². The van der Waals surface area contributed by atoms with Gasteiger partial charge in [0.25, 0.3) is 0 Å². The average Bonchev–Trinajstić information content (AvgIpc) is 2.29. The zero-order chi connectivity index (χ0) is 14.9. The molecule has 4 nitrogen and oxygen atoms in total. The van der Waals surface area contributed by atoms with Crippen molar-refractivity contribution in [1.82, 2.24) is 9.97 Å². The number of aromatic nitrogens is 2. The number of benzene rings is 1. The quantitative estimate of drug-likeness (QED) is 0.861. The highest BCUT2D eigenvalue weighted by molar-refractivity contribution is 5.35. The molecular formula is C12H9F4N3O. The Kier molecular flexibility index (Phi) is 3.47. The molecule has 106 valence electrons. The van der Waals surface area contributed by atoms with Crippen molar-refractivity contribution in [2.24, 2.45) is 0 Å². The van der Waals surface area contributed by atoms with Crippen molar-refractivity contribution in [3.63, 3.8) is 0 Å². The van der Waals surface area contributed by atoms with E-state index in [0.29, 0.717) is 17.8 Å². The van der Waals surface area contributed by atoms with Crippen molar-refractivity contribution in [3.8, 4) is 11.6 Å². The Labute approximate surface area is 111 Å². The third-order valence-electron chi connectivity index (χ3n) is 2.31. The molecule has 20 heavy (non-hydrogen) atoms. The van der Waals surface area contributed by atoms with Crippen LogP contribution in [0.4, 0.5) is 23.5 Å². The summed E-state index contributed by atoms with van der Waals surface area (Å²) >= 11 is 0. The maximum absolute atomic E-state index is 13.1. The van der Waals surface area contributed by atoms with E-state index in [-0.39, 0.29) is 17.6 Å². The maximum Gasteiger partial charge on any atom is 0.419 e. The van der Waals surface area contributed by atoms with Crippen molar-refractivity contribution in [1.29, 1.82) is 0 Å². The van der Waals surface area contributed by atoms with Crippen molar-refractivity contribution in [2.45, 2.75) is 13.1 Å². The molecule has 2 aromatic rings. The van der Waals surface area contributed by atoms with Crippen LogP contribution in [-0.2, 0) is 6.18 Å². The van der Waals surface area contributed by atoms with E-state index in [1.807, 2.05) is 0 Å². The number of aryl methyl sites for hydroxylation is 1. The molecule has 0 unspecified atom stereocenters. The fourth-order valence-electron chi connectivity index (χ4n) is 1.52. The number of nitrogens with zero attached hydrogens (tertiary/aromatic N) is 2. The highest BCUT2D eigenvalue weighted by Crippen LogP contribution is 2.34. The van der Waals surface area contributed by atoms with Crippen LogP contribution in [0.1, 0.15) is 11.3 Å². The molecule has 0 amide bonds. The van der Waals surface area contributed by atoms with Crippen molar-refractivity contribution < 1.29 is 22.3 Å². The molecule has 0 fully saturated rings. The normalized spacial score (nSPS) is 11.4. The Morgan fingerprint density at radius 2 is 1.85 bits per heavy atom. The highest BCUT2D eigenvalue weighted by Gasteiger charge is 2.34. The van der Waals surface area contributed by atoms with E-state index in [1.54, 1.807) is 6.92 Å². The van der Waals surface area contributed by atoms with Crippen LogP contribution in [0.25, 0.3) is 0 Å². The summed E-state index contributed by atoms with van der Waals surface area (Å²) in [4.78, 5) is 7.51. The number of halogens is 4. The summed E-state index contributed by atoms with van der Waals surface area (Å²) in [5.41, 5.74) is 4.48. The van der Waals surface area contributed by atoms with Crippen LogP contribution >= 0.6 is 0 Å². The van der Waals surface area contributed by atoms with Crippen molar-refractivity contribution in [3.05, 3.63) is 41.3 Å². The molecule has 2 N–H and O–H groups in total. The van der Waals surface area contributed by atoms with Crippen LogP contribution in [0.3, 0.4) is 0 Å². The van der Waals surface area contributed by atoms with Gasteiger partial charge in [0.15, 0.2) is 0 Å². The number of rotatable bonds is 2. The van der Waals surface area contributed by atoms with Crippen LogP contribution in [0.2, 0.25) is 0 Å². The number of hydrogen-bond acceptors (Lipinski definition) is 4. The first-order valence-electron chi connectivity index (χ1n) is 5.41. The zero-order valence-corrected chi connectivity index (χ0v) is 10.2. The monoisotopic (exact) mass is 287 g/mol. The SMILES string of the molecule is Cc1cc(Oc2ccc(F)c(C(F)(F)F)c2)nc(N)n1. The van der Waals surface area contributed by atoms with E-state index in [4.69, 9.17) is 10.5 Å². The molecule has 1 aromatic carbocycles. The fourth-order valence-corrected chi connectivity index (χ4v) is 1.52. The molecule has 0 saturated carbocycles. The number of alkyl halides is 3. The third kappa shape index (κ3) is 3.14. The molecule has 0 aliphatic heterocycles. The van der Waals surface area contributed by atoms with Crippen LogP contribution in [-0.4, -0.2) is 9.97 Å². The number of hydrogen-bond donors (Lipinski definition) is 1. The van der Waals surface area contributed by atoms with E-state index in [9.17, 15) is 17.6 Å². The number of nitrogens with two attached hydrogens (primary N) is 1. The van der Waals surface area contributed by atoms with Crippen LogP contribution in [0.15, 0.2) is 24.3 Å². The summed E-state index contributed by atoms with van der Waals surface area (Å²) in [5.74, 6) is -1.66. The second-order valence-electron chi connectivity index (χ2n) is 3.95.